The molecule has 0 aliphatic heterocycles. The summed E-state index contributed by atoms with van der Waals surface area (Å²) in [7, 11) is 0. The molecule has 3 heteroatoms. The number of nitrogens with one attached hydrogen (secondary N) is 1. The molecule has 0 fully saturated rings. The van der Waals surface area contributed by atoms with E-state index in [0.717, 1.165) is 18.4 Å². The van der Waals surface area contributed by atoms with Crippen molar-refractivity contribution in [1.82, 2.24) is 5.32 Å². The van der Waals surface area contributed by atoms with E-state index < -0.39 is 0 Å². The molecule has 1 rings (SSSR count). The van der Waals surface area contributed by atoms with Gasteiger partial charge in [0.25, 0.3) is 0 Å². The lowest BCUT2D eigenvalue weighted by Gasteiger charge is -2.16. The van der Waals surface area contributed by atoms with Gasteiger partial charge in [0.2, 0.25) is 5.91 Å². The molecule has 0 saturated heterocycles. The predicted octanol–water partition coefficient (Wildman–Crippen LogP) is 1.90. The number of hydrogen-bond donors (Lipinski definition) is 2. The normalized spacial score (nSPS) is 12.1. The second-order valence-electron chi connectivity index (χ2n) is 4.24. The second kappa shape index (κ2) is 7.85. The molecule has 2 N–H and O–H groups in total. The van der Waals surface area contributed by atoms with Crippen LogP contribution >= 0.6 is 0 Å². The maximum absolute atomic E-state index is 11.5. The molecule has 0 heterocycles. The Bertz CT molecular complexity index is 324. The fraction of sp³-hybridized carbons (Fsp3) is 0.500. The highest BCUT2D eigenvalue weighted by molar-refractivity contribution is 5.76. The van der Waals surface area contributed by atoms with Crippen molar-refractivity contribution in [2.24, 2.45) is 0 Å². The molecule has 1 aromatic carbocycles. The molecule has 0 bridgehead atoms. The summed E-state index contributed by atoms with van der Waals surface area (Å²) >= 11 is 0. The molecule has 1 aromatic rings. The third kappa shape index (κ3) is 5.50. The summed E-state index contributed by atoms with van der Waals surface area (Å²) < 4.78 is 0. The number of hydrogen-bond acceptors (Lipinski definition) is 2. The van der Waals surface area contributed by atoms with Crippen molar-refractivity contribution >= 4 is 5.91 Å². The van der Waals surface area contributed by atoms with E-state index in [1.165, 1.54) is 0 Å². The second-order valence-corrected chi connectivity index (χ2v) is 4.24. The maximum atomic E-state index is 11.5. The molecule has 1 atom stereocenters. The third-order valence-electron chi connectivity index (χ3n) is 2.67. The van der Waals surface area contributed by atoms with E-state index in [0.29, 0.717) is 12.8 Å². The number of unbranched alkanes of at least 4 members (excludes halogenated alkanes) is 1. The summed E-state index contributed by atoms with van der Waals surface area (Å²) in [6.07, 6.45) is 3.13. The standard InChI is InChI=1S/C14H21NO2/c1-2-3-9-14(17)15-13(11-16)10-12-7-5-4-6-8-12/h4-8,13,16H,2-3,9-11H2,1H3,(H,15,17). The molecule has 0 aliphatic carbocycles. The molecule has 0 radical (unpaired) electrons. The lowest BCUT2D eigenvalue weighted by atomic mass is 10.1. The van der Waals surface area contributed by atoms with Crippen molar-refractivity contribution < 1.29 is 9.90 Å². The van der Waals surface area contributed by atoms with Crippen molar-refractivity contribution in [2.75, 3.05) is 6.61 Å². The van der Waals surface area contributed by atoms with Gasteiger partial charge in [0.05, 0.1) is 12.6 Å². The van der Waals surface area contributed by atoms with Gasteiger partial charge < -0.3 is 10.4 Å². The minimum absolute atomic E-state index is 0.0211. The van der Waals surface area contributed by atoms with E-state index in [1.54, 1.807) is 0 Å². The Kier molecular flexibility index (Phi) is 6.33. The van der Waals surface area contributed by atoms with Crippen LogP contribution < -0.4 is 5.32 Å². The van der Waals surface area contributed by atoms with Crippen LogP contribution in [-0.4, -0.2) is 23.7 Å². The van der Waals surface area contributed by atoms with Crippen molar-refractivity contribution in [3.8, 4) is 0 Å². The Labute approximate surface area is 103 Å². The first kappa shape index (κ1) is 13.7. The van der Waals surface area contributed by atoms with Crippen molar-refractivity contribution in [1.29, 1.82) is 0 Å². The molecule has 17 heavy (non-hydrogen) atoms. The number of benzene rings is 1. The number of carbonyl (C=O) groups is 1. The van der Waals surface area contributed by atoms with Gasteiger partial charge in [-0.1, -0.05) is 43.7 Å². The highest BCUT2D eigenvalue weighted by atomic mass is 16.3. The Hall–Kier alpha value is -1.35. The van der Waals surface area contributed by atoms with Crippen molar-refractivity contribution in [3.05, 3.63) is 35.9 Å². The molecule has 0 spiro atoms. The fourth-order valence-electron chi connectivity index (χ4n) is 1.70. The highest BCUT2D eigenvalue weighted by Gasteiger charge is 2.11. The summed E-state index contributed by atoms with van der Waals surface area (Å²) in [5.41, 5.74) is 1.13. The molecule has 1 amide bonds. The Morgan fingerprint density at radius 1 is 1.35 bits per heavy atom. The molecule has 94 valence electrons. The van der Waals surface area contributed by atoms with Crippen LogP contribution in [0.4, 0.5) is 0 Å². The van der Waals surface area contributed by atoms with Gasteiger partial charge in [-0.2, -0.15) is 0 Å². The van der Waals surface area contributed by atoms with Gasteiger partial charge in [-0.05, 0) is 18.4 Å². The van der Waals surface area contributed by atoms with Gasteiger partial charge in [0.1, 0.15) is 0 Å². The Balaban J connectivity index is 2.41. The molecule has 0 aliphatic rings. The molecule has 0 aromatic heterocycles. The zero-order valence-corrected chi connectivity index (χ0v) is 10.4. The Morgan fingerprint density at radius 2 is 2.06 bits per heavy atom. The summed E-state index contributed by atoms with van der Waals surface area (Å²) in [6.45, 7) is 2.04. The third-order valence-corrected chi connectivity index (χ3v) is 2.67. The first-order valence-electron chi connectivity index (χ1n) is 6.20. The molecule has 3 nitrogen and oxygen atoms in total. The molecular weight excluding hydrogens is 214 g/mol. The van der Waals surface area contributed by atoms with E-state index in [2.05, 4.69) is 12.2 Å². The van der Waals surface area contributed by atoms with Crippen molar-refractivity contribution in [2.45, 2.75) is 38.6 Å². The average Bonchev–Trinajstić information content (AvgIpc) is 2.36. The van der Waals surface area contributed by atoms with Gasteiger partial charge in [0.15, 0.2) is 0 Å². The van der Waals surface area contributed by atoms with Gasteiger partial charge in [0, 0.05) is 6.42 Å². The monoisotopic (exact) mass is 235 g/mol. The van der Waals surface area contributed by atoms with E-state index in [4.69, 9.17) is 0 Å². The van der Waals surface area contributed by atoms with Crippen LogP contribution in [0, 0.1) is 0 Å². The number of carbonyl (C=O) groups excluding carboxylic acids is 1. The van der Waals surface area contributed by atoms with Crippen LogP contribution in [0.15, 0.2) is 30.3 Å². The van der Waals surface area contributed by atoms with E-state index in [1.807, 2.05) is 30.3 Å². The number of rotatable bonds is 7. The first-order chi connectivity index (χ1) is 8.26. The largest absolute Gasteiger partial charge is 0.394 e. The SMILES string of the molecule is CCCCC(=O)NC(CO)Cc1ccccc1. The summed E-state index contributed by atoms with van der Waals surface area (Å²) in [6, 6.07) is 9.70. The molecule has 1 unspecified atom stereocenters. The van der Waals surface area contributed by atoms with Crippen LogP contribution in [0.2, 0.25) is 0 Å². The molecular formula is C14H21NO2. The summed E-state index contributed by atoms with van der Waals surface area (Å²) in [5, 5.41) is 12.1. The zero-order valence-electron chi connectivity index (χ0n) is 10.4. The van der Waals surface area contributed by atoms with E-state index >= 15 is 0 Å². The van der Waals surface area contributed by atoms with Gasteiger partial charge in [-0.25, -0.2) is 0 Å². The van der Waals surface area contributed by atoms with Gasteiger partial charge in [-0.15, -0.1) is 0 Å². The van der Waals surface area contributed by atoms with Crippen molar-refractivity contribution in [3.63, 3.8) is 0 Å². The van der Waals surface area contributed by atoms with Gasteiger partial charge >= 0.3 is 0 Å². The van der Waals surface area contributed by atoms with Crippen LogP contribution in [-0.2, 0) is 11.2 Å². The van der Waals surface area contributed by atoms with Crippen LogP contribution in [0.1, 0.15) is 31.7 Å². The lowest BCUT2D eigenvalue weighted by Crippen LogP contribution is -2.38. The van der Waals surface area contributed by atoms with Gasteiger partial charge in [-0.3, -0.25) is 4.79 Å². The number of amides is 1. The average molecular weight is 235 g/mol. The predicted molar refractivity (Wildman–Crippen MR) is 68.7 cm³/mol. The maximum Gasteiger partial charge on any atom is 0.220 e. The minimum Gasteiger partial charge on any atom is -0.394 e. The lowest BCUT2D eigenvalue weighted by molar-refractivity contribution is -0.122. The zero-order chi connectivity index (χ0) is 12.5. The first-order valence-corrected chi connectivity index (χ1v) is 6.20. The van der Waals surface area contributed by atoms with Crippen LogP contribution in [0.5, 0.6) is 0 Å². The van der Waals surface area contributed by atoms with Crippen LogP contribution in [0.3, 0.4) is 0 Å². The van der Waals surface area contributed by atoms with Crippen LogP contribution in [0.25, 0.3) is 0 Å². The smallest absolute Gasteiger partial charge is 0.220 e. The topological polar surface area (TPSA) is 49.3 Å². The number of aliphatic hydroxyl groups is 1. The Morgan fingerprint density at radius 3 is 2.65 bits per heavy atom. The summed E-state index contributed by atoms with van der Waals surface area (Å²) in [5.74, 6) is 0.0295. The highest BCUT2D eigenvalue weighted by Crippen LogP contribution is 2.03. The quantitative estimate of drug-likeness (QED) is 0.758. The summed E-state index contributed by atoms with van der Waals surface area (Å²) in [4.78, 5) is 11.5. The minimum atomic E-state index is -0.179. The van der Waals surface area contributed by atoms with E-state index in [-0.39, 0.29) is 18.6 Å². The van der Waals surface area contributed by atoms with E-state index in [9.17, 15) is 9.90 Å². The molecule has 0 saturated carbocycles. The number of aliphatic hydroxyl groups excluding tert-OH is 1. The fourth-order valence-corrected chi connectivity index (χ4v) is 1.70.